The van der Waals surface area contributed by atoms with Gasteiger partial charge in [-0.1, -0.05) is 0 Å². The van der Waals surface area contributed by atoms with E-state index in [1.54, 1.807) is 19.2 Å². The van der Waals surface area contributed by atoms with Gasteiger partial charge in [-0.3, -0.25) is 0 Å². The van der Waals surface area contributed by atoms with E-state index in [2.05, 4.69) is 10.3 Å². The van der Waals surface area contributed by atoms with Gasteiger partial charge in [-0.15, -0.1) is 11.3 Å². The Morgan fingerprint density at radius 2 is 2.12 bits per heavy atom. The first kappa shape index (κ1) is 13.4. The minimum atomic E-state index is -4.00. The van der Waals surface area contributed by atoms with Crippen LogP contribution in [0.2, 0.25) is 0 Å². The van der Waals surface area contributed by atoms with Gasteiger partial charge < -0.3 is 5.32 Å². The fourth-order valence-electron chi connectivity index (χ4n) is 1.05. The molecule has 0 fully saturated rings. The molecular weight excluding hydrogens is 244 g/mol. The number of aryl methyl sites for hydroxylation is 1. The van der Waals surface area contributed by atoms with Gasteiger partial charge in [0.1, 0.15) is 0 Å². The van der Waals surface area contributed by atoms with Gasteiger partial charge in [-0.05, 0) is 13.8 Å². The molecule has 0 saturated heterocycles. The van der Waals surface area contributed by atoms with Crippen LogP contribution in [-0.2, 0) is 0 Å². The lowest BCUT2D eigenvalue weighted by molar-refractivity contribution is -0.126. The second-order valence-electron chi connectivity index (χ2n) is 3.46. The van der Waals surface area contributed by atoms with Crippen LogP contribution in [0.4, 0.5) is 17.6 Å². The molecule has 2 nitrogen and oxygen atoms in total. The molecule has 0 spiro atoms. The molecule has 0 aliphatic carbocycles. The summed E-state index contributed by atoms with van der Waals surface area (Å²) in [6.45, 7) is 2.34. The lowest BCUT2D eigenvalue weighted by Gasteiger charge is -2.18. The zero-order chi connectivity index (χ0) is 12.3. The predicted octanol–water partition coefficient (Wildman–Crippen LogP) is 3.00. The van der Waals surface area contributed by atoms with Crippen LogP contribution in [0.5, 0.6) is 0 Å². The molecule has 1 atom stereocenters. The van der Waals surface area contributed by atoms with Gasteiger partial charge in [-0.25, -0.2) is 13.8 Å². The molecular formula is C9H12F4N2S. The van der Waals surface area contributed by atoms with E-state index in [-0.39, 0.29) is 0 Å². The smallest absolute Gasteiger partial charge is 0.303 e. The van der Waals surface area contributed by atoms with Crippen LogP contribution in [-0.4, -0.2) is 23.9 Å². The maximum atomic E-state index is 12.6. The molecule has 0 saturated carbocycles. The normalized spacial score (nSPS) is 14.4. The van der Waals surface area contributed by atoms with Crippen molar-refractivity contribution in [2.75, 3.05) is 6.54 Å². The Bertz CT molecular complexity index is 340. The van der Waals surface area contributed by atoms with Gasteiger partial charge >= 0.3 is 12.3 Å². The monoisotopic (exact) mass is 256 g/mol. The van der Waals surface area contributed by atoms with E-state index in [9.17, 15) is 17.6 Å². The minimum Gasteiger partial charge on any atom is -0.303 e. The molecule has 92 valence electrons. The molecule has 0 aliphatic rings. The SMILES string of the molecule is Cc1nc(C(C)NCC(F)(F)C(F)F)cs1. The van der Waals surface area contributed by atoms with E-state index in [0.717, 1.165) is 5.01 Å². The van der Waals surface area contributed by atoms with Gasteiger partial charge in [0.2, 0.25) is 0 Å². The molecule has 1 aromatic rings. The maximum absolute atomic E-state index is 12.6. The zero-order valence-electron chi connectivity index (χ0n) is 8.81. The third-order valence-corrected chi connectivity index (χ3v) is 2.84. The summed E-state index contributed by atoms with van der Waals surface area (Å²) in [5.41, 5.74) is 0.590. The van der Waals surface area contributed by atoms with Crippen molar-refractivity contribution in [1.29, 1.82) is 0 Å². The summed E-state index contributed by atoms with van der Waals surface area (Å²) in [5.74, 6) is -4.00. The highest BCUT2D eigenvalue weighted by atomic mass is 32.1. The van der Waals surface area contributed by atoms with Crippen molar-refractivity contribution in [3.8, 4) is 0 Å². The molecule has 0 aliphatic heterocycles. The lowest BCUT2D eigenvalue weighted by Crippen LogP contribution is -2.39. The third-order valence-electron chi connectivity index (χ3n) is 2.04. The van der Waals surface area contributed by atoms with E-state index in [0.29, 0.717) is 5.69 Å². The number of halogens is 4. The van der Waals surface area contributed by atoms with E-state index >= 15 is 0 Å². The highest BCUT2D eigenvalue weighted by Crippen LogP contribution is 2.23. The number of thiazole rings is 1. The third kappa shape index (κ3) is 3.41. The van der Waals surface area contributed by atoms with Crippen LogP contribution in [0.15, 0.2) is 5.38 Å². The number of hydrogen-bond acceptors (Lipinski definition) is 3. The molecule has 0 amide bonds. The van der Waals surface area contributed by atoms with Crippen molar-refractivity contribution in [2.45, 2.75) is 32.2 Å². The van der Waals surface area contributed by atoms with Crippen LogP contribution in [0.1, 0.15) is 23.7 Å². The van der Waals surface area contributed by atoms with E-state index in [1.807, 2.05) is 0 Å². The number of alkyl halides is 4. The van der Waals surface area contributed by atoms with Gasteiger partial charge in [0, 0.05) is 11.4 Å². The summed E-state index contributed by atoms with van der Waals surface area (Å²) in [6.07, 6.45) is -3.65. The number of rotatable bonds is 5. The largest absolute Gasteiger partial charge is 0.319 e. The minimum absolute atomic E-state index is 0.463. The fraction of sp³-hybridized carbons (Fsp3) is 0.667. The number of hydrogen-bond donors (Lipinski definition) is 1. The van der Waals surface area contributed by atoms with Gasteiger partial charge in [0.25, 0.3) is 0 Å². The quantitative estimate of drug-likeness (QED) is 0.819. The molecule has 0 aromatic carbocycles. The Morgan fingerprint density at radius 3 is 2.56 bits per heavy atom. The molecule has 16 heavy (non-hydrogen) atoms. The van der Waals surface area contributed by atoms with Crippen LogP contribution in [0.3, 0.4) is 0 Å². The average Bonchev–Trinajstić information content (AvgIpc) is 2.61. The summed E-state index contributed by atoms with van der Waals surface area (Å²) in [5, 5.41) is 4.87. The molecule has 1 heterocycles. The Labute approximate surface area is 94.7 Å². The van der Waals surface area contributed by atoms with Crippen LogP contribution in [0, 0.1) is 6.92 Å². The Hall–Kier alpha value is -0.690. The number of aromatic nitrogens is 1. The lowest BCUT2D eigenvalue weighted by atomic mass is 10.2. The van der Waals surface area contributed by atoms with E-state index in [1.165, 1.54) is 11.3 Å². The fourth-order valence-corrected chi connectivity index (χ4v) is 1.76. The van der Waals surface area contributed by atoms with Gasteiger partial charge in [-0.2, -0.15) is 8.78 Å². The molecule has 1 N–H and O–H groups in total. The van der Waals surface area contributed by atoms with Crippen molar-refractivity contribution in [1.82, 2.24) is 10.3 Å². The van der Waals surface area contributed by atoms with Crippen molar-refractivity contribution >= 4 is 11.3 Å². The zero-order valence-corrected chi connectivity index (χ0v) is 9.62. The van der Waals surface area contributed by atoms with E-state index in [4.69, 9.17) is 0 Å². The summed E-state index contributed by atoms with van der Waals surface area (Å²) in [7, 11) is 0. The van der Waals surface area contributed by atoms with Crippen molar-refractivity contribution in [2.24, 2.45) is 0 Å². The van der Waals surface area contributed by atoms with Crippen LogP contribution in [0.25, 0.3) is 0 Å². The standard InChI is InChI=1S/C9H12F4N2S/c1-5(7-3-16-6(2)15-7)14-4-9(12,13)8(10)11/h3,5,8,14H,4H2,1-2H3. The van der Waals surface area contributed by atoms with Gasteiger partial charge in [0.05, 0.1) is 17.2 Å². The second kappa shape index (κ2) is 5.09. The maximum Gasteiger partial charge on any atom is 0.319 e. The summed E-state index contributed by atoms with van der Waals surface area (Å²) in [4.78, 5) is 4.08. The average molecular weight is 256 g/mol. The van der Waals surface area contributed by atoms with Gasteiger partial charge in [0.15, 0.2) is 0 Å². The number of nitrogens with one attached hydrogen (secondary N) is 1. The summed E-state index contributed by atoms with van der Waals surface area (Å²) >= 11 is 1.39. The van der Waals surface area contributed by atoms with Crippen molar-refractivity contribution in [3.63, 3.8) is 0 Å². The highest BCUT2D eigenvalue weighted by Gasteiger charge is 2.40. The molecule has 1 unspecified atom stereocenters. The predicted molar refractivity (Wildman–Crippen MR) is 54.2 cm³/mol. The molecule has 0 radical (unpaired) electrons. The second-order valence-corrected chi connectivity index (χ2v) is 4.52. The first-order chi connectivity index (χ1) is 7.33. The highest BCUT2D eigenvalue weighted by molar-refractivity contribution is 7.09. The van der Waals surface area contributed by atoms with Crippen LogP contribution < -0.4 is 5.32 Å². The molecule has 0 bridgehead atoms. The summed E-state index contributed by atoms with van der Waals surface area (Å²) in [6, 6.07) is -0.463. The Balaban J connectivity index is 2.50. The first-order valence-electron chi connectivity index (χ1n) is 4.64. The van der Waals surface area contributed by atoms with E-state index < -0.39 is 24.9 Å². The first-order valence-corrected chi connectivity index (χ1v) is 5.52. The topological polar surface area (TPSA) is 24.9 Å². The molecule has 7 heteroatoms. The molecule has 1 aromatic heterocycles. The Morgan fingerprint density at radius 1 is 1.50 bits per heavy atom. The summed E-state index contributed by atoms with van der Waals surface area (Å²) < 4.78 is 48.9. The molecule has 1 rings (SSSR count). The van der Waals surface area contributed by atoms with Crippen LogP contribution >= 0.6 is 11.3 Å². The number of nitrogens with zero attached hydrogens (tertiary/aromatic N) is 1. The Kier molecular flexibility index (Phi) is 4.26. The van der Waals surface area contributed by atoms with Crippen molar-refractivity contribution in [3.05, 3.63) is 16.1 Å². The van der Waals surface area contributed by atoms with Crippen molar-refractivity contribution < 1.29 is 17.6 Å².